The summed E-state index contributed by atoms with van der Waals surface area (Å²) in [6, 6.07) is 8.24. The normalized spacial score (nSPS) is 13.0. The first-order valence-corrected chi connectivity index (χ1v) is 10.2. The van der Waals surface area contributed by atoms with Gasteiger partial charge < -0.3 is 5.32 Å². The SMILES string of the molecule is CC[C@@H](NC(=O)c1cc(C(C)C)nn1C)c1ccc(S(C)(=O)=O)cc1. The second-order valence-corrected chi connectivity index (χ2v) is 8.52. The van der Waals surface area contributed by atoms with Crippen LogP contribution in [0.25, 0.3) is 0 Å². The third kappa shape index (κ3) is 4.48. The minimum Gasteiger partial charge on any atom is -0.344 e. The van der Waals surface area contributed by atoms with Gasteiger partial charge in [0.05, 0.1) is 16.6 Å². The number of aromatic nitrogens is 2. The molecule has 6 nitrogen and oxygen atoms in total. The molecule has 2 aromatic rings. The number of carbonyl (C=O) groups excluding carboxylic acids is 1. The molecule has 0 saturated heterocycles. The number of amides is 1. The maximum Gasteiger partial charge on any atom is 0.270 e. The Morgan fingerprint density at radius 1 is 1.24 bits per heavy atom. The lowest BCUT2D eigenvalue weighted by atomic mass is 10.0. The average molecular weight is 363 g/mol. The number of nitrogens with one attached hydrogen (secondary N) is 1. The molecule has 0 fully saturated rings. The molecule has 0 saturated carbocycles. The van der Waals surface area contributed by atoms with Crippen LogP contribution in [0.2, 0.25) is 0 Å². The van der Waals surface area contributed by atoms with Crippen molar-refractivity contribution in [3.63, 3.8) is 0 Å². The molecule has 0 aliphatic carbocycles. The Morgan fingerprint density at radius 3 is 2.28 bits per heavy atom. The third-order valence-electron chi connectivity index (χ3n) is 4.15. The van der Waals surface area contributed by atoms with E-state index in [0.717, 1.165) is 11.3 Å². The van der Waals surface area contributed by atoms with Gasteiger partial charge >= 0.3 is 0 Å². The van der Waals surface area contributed by atoms with Crippen LogP contribution in [0.1, 0.15) is 60.9 Å². The Balaban J connectivity index is 2.20. The molecule has 136 valence electrons. The lowest BCUT2D eigenvalue weighted by Gasteiger charge is -2.17. The van der Waals surface area contributed by atoms with E-state index in [2.05, 4.69) is 10.4 Å². The molecular formula is C18H25N3O3S. The molecule has 1 atom stereocenters. The van der Waals surface area contributed by atoms with E-state index in [9.17, 15) is 13.2 Å². The first-order chi connectivity index (χ1) is 11.6. The second-order valence-electron chi connectivity index (χ2n) is 6.51. The largest absolute Gasteiger partial charge is 0.344 e. The maximum absolute atomic E-state index is 12.6. The van der Waals surface area contributed by atoms with Crippen LogP contribution in [0.5, 0.6) is 0 Å². The van der Waals surface area contributed by atoms with Gasteiger partial charge in [-0.15, -0.1) is 0 Å². The molecule has 7 heteroatoms. The quantitative estimate of drug-likeness (QED) is 0.856. The zero-order chi connectivity index (χ0) is 18.8. The average Bonchev–Trinajstić information content (AvgIpc) is 2.94. The van der Waals surface area contributed by atoms with E-state index >= 15 is 0 Å². The van der Waals surface area contributed by atoms with E-state index in [-0.39, 0.29) is 22.8 Å². The summed E-state index contributed by atoms with van der Waals surface area (Å²) in [5, 5.41) is 7.37. The van der Waals surface area contributed by atoms with E-state index < -0.39 is 9.84 Å². The van der Waals surface area contributed by atoms with E-state index in [1.807, 2.05) is 20.8 Å². The Hall–Kier alpha value is -2.15. The molecule has 0 aliphatic rings. The zero-order valence-electron chi connectivity index (χ0n) is 15.3. The zero-order valence-corrected chi connectivity index (χ0v) is 16.1. The third-order valence-corrected chi connectivity index (χ3v) is 5.28. The molecule has 0 aliphatic heterocycles. The fourth-order valence-corrected chi connectivity index (χ4v) is 3.22. The summed E-state index contributed by atoms with van der Waals surface area (Å²) >= 11 is 0. The van der Waals surface area contributed by atoms with Crippen LogP contribution in [0.3, 0.4) is 0 Å². The number of nitrogens with zero attached hydrogens (tertiary/aromatic N) is 2. The molecule has 1 aromatic carbocycles. The molecule has 1 aromatic heterocycles. The van der Waals surface area contributed by atoms with Crippen molar-refractivity contribution in [2.24, 2.45) is 7.05 Å². The minimum absolute atomic E-state index is 0.194. The molecule has 0 radical (unpaired) electrons. The molecule has 1 N–H and O–H groups in total. The van der Waals surface area contributed by atoms with Gasteiger partial charge in [-0.25, -0.2) is 8.42 Å². The van der Waals surface area contributed by atoms with Gasteiger partial charge in [0, 0.05) is 13.3 Å². The number of benzene rings is 1. The minimum atomic E-state index is -3.23. The number of sulfone groups is 1. The van der Waals surface area contributed by atoms with Crippen molar-refractivity contribution < 1.29 is 13.2 Å². The fraction of sp³-hybridized carbons (Fsp3) is 0.444. The lowest BCUT2D eigenvalue weighted by molar-refractivity contribution is 0.0926. The van der Waals surface area contributed by atoms with Crippen LogP contribution in [0, 0.1) is 0 Å². The predicted molar refractivity (Wildman–Crippen MR) is 97.3 cm³/mol. The van der Waals surface area contributed by atoms with Gasteiger partial charge in [-0.2, -0.15) is 5.10 Å². The van der Waals surface area contributed by atoms with Gasteiger partial charge in [-0.1, -0.05) is 32.9 Å². The Labute approximate surface area is 149 Å². The van der Waals surface area contributed by atoms with Crippen LogP contribution in [-0.4, -0.2) is 30.4 Å². The number of rotatable bonds is 6. The van der Waals surface area contributed by atoms with Crippen LogP contribution in [0.15, 0.2) is 35.2 Å². The highest BCUT2D eigenvalue weighted by Crippen LogP contribution is 2.20. The highest BCUT2D eigenvalue weighted by Gasteiger charge is 2.19. The predicted octanol–water partition coefficient (Wildman–Crippen LogP) is 2.83. The van der Waals surface area contributed by atoms with Crippen LogP contribution >= 0.6 is 0 Å². The topological polar surface area (TPSA) is 81.1 Å². The molecule has 0 bridgehead atoms. The molecule has 0 unspecified atom stereocenters. The van der Waals surface area contributed by atoms with Crippen molar-refractivity contribution in [3.05, 3.63) is 47.3 Å². The highest BCUT2D eigenvalue weighted by molar-refractivity contribution is 7.90. The summed E-state index contributed by atoms with van der Waals surface area (Å²) in [4.78, 5) is 12.9. The molecule has 0 spiro atoms. The highest BCUT2D eigenvalue weighted by atomic mass is 32.2. The number of hydrogen-bond acceptors (Lipinski definition) is 4. The van der Waals surface area contributed by atoms with Crippen molar-refractivity contribution in [2.45, 2.75) is 44.0 Å². The summed E-state index contributed by atoms with van der Waals surface area (Å²) in [6.45, 7) is 6.03. The van der Waals surface area contributed by atoms with E-state index in [0.29, 0.717) is 12.1 Å². The van der Waals surface area contributed by atoms with Crippen LogP contribution in [0.4, 0.5) is 0 Å². The van der Waals surface area contributed by atoms with Crippen molar-refractivity contribution in [2.75, 3.05) is 6.26 Å². The Bertz CT molecular complexity index is 852. The first-order valence-electron chi connectivity index (χ1n) is 8.28. The Morgan fingerprint density at radius 2 is 1.84 bits per heavy atom. The summed E-state index contributed by atoms with van der Waals surface area (Å²) in [5.74, 6) is 0.0548. The maximum atomic E-state index is 12.6. The van der Waals surface area contributed by atoms with Gasteiger partial charge in [-0.3, -0.25) is 9.48 Å². The lowest BCUT2D eigenvalue weighted by Crippen LogP contribution is -2.29. The number of hydrogen-bond donors (Lipinski definition) is 1. The van der Waals surface area contributed by atoms with Crippen molar-refractivity contribution >= 4 is 15.7 Å². The summed E-state index contributed by atoms with van der Waals surface area (Å²) in [6.07, 6.45) is 1.87. The van der Waals surface area contributed by atoms with E-state index in [1.54, 1.807) is 42.1 Å². The summed E-state index contributed by atoms with van der Waals surface area (Å²) in [5.41, 5.74) is 2.25. The number of carbonyl (C=O) groups is 1. The van der Waals surface area contributed by atoms with Gasteiger partial charge in [0.2, 0.25) is 0 Å². The molecule has 1 heterocycles. The summed E-state index contributed by atoms with van der Waals surface area (Å²) in [7, 11) is -1.48. The van der Waals surface area contributed by atoms with Gasteiger partial charge in [-0.05, 0) is 36.1 Å². The van der Waals surface area contributed by atoms with E-state index in [1.165, 1.54) is 6.26 Å². The number of aryl methyl sites for hydroxylation is 1. The molecule has 2 rings (SSSR count). The van der Waals surface area contributed by atoms with Gasteiger partial charge in [0.1, 0.15) is 5.69 Å². The van der Waals surface area contributed by atoms with Crippen LogP contribution < -0.4 is 5.32 Å². The van der Waals surface area contributed by atoms with Gasteiger partial charge in [0.25, 0.3) is 5.91 Å². The van der Waals surface area contributed by atoms with Crippen molar-refractivity contribution in [1.82, 2.24) is 15.1 Å². The van der Waals surface area contributed by atoms with Crippen LogP contribution in [-0.2, 0) is 16.9 Å². The van der Waals surface area contributed by atoms with Crippen molar-refractivity contribution in [1.29, 1.82) is 0 Å². The fourth-order valence-electron chi connectivity index (χ4n) is 2.58. The first kappa shape index (κ1) is 19.2. The molecule has 25 heavy (non-hydrogen) atoms. The monoisotopic (exact) mass is 363 g/mol. The standard InChI is InChI=1S/C18H25N3O3S/c1-6-15(13-7-9-14(10-8-13)25(5,23)24)19-18(22)17-11-16(12(2)3)20-21(17)4/h7-12,15H,6H2,1-5H3,(H,19,22)/t15-/m1/s1. The summed E-state index contributed by atoms with van der Waals surface area (Å²) < 4.78 is 24.7. The Kier molecular flexibility index (Phi) is 5.67. The smallest absolute Gasteiger partial charge is 0.270 e. The molecule has 1 amide bonds. The van der Waals surface area contributed by atoms with Crippen molar-refractivity contribution in [3.8, 4) is 0 Å². The van der Waals surface area contributed by atoms with Gasteiger partial charge in [0.15, 0.2) is 9.84 Å². The van der Waals surface area contributed by atoms with E-state index in [4.69, 9.17) is 0 Å². The second kappa shape index (κ2) is 7.39. The molecular weight excluding hydrogens is 338 g/mol.